The Bertz CT molecular complexity index is 440. The second kappa shape index (κ2) is 3.77. The molecule has 1 aromatic carbocycles. The number of fused-ring (bicyclic) bond motifs is 1. The van der Waals surface area contributed by atoms with Crippen molar-refractivity contribution in [2.75, 3.05) is 11.4 Å². The fourth-order valence-electron chi connectivity index (χ4n) is 2.47. The Morgan fingerprint density at radius 3 is 2.88 bits per heavy atom. The number of benzene rings is 1. The minimum absolute atomic E-state index is 0.279. The second-order valence-corrected chi connectivity index (χ2v) is 5.08. The lowest BCUT2D eigenvalue weighted by atomic mass is 9.84. The van der Waals surface area contributed by atoms with Crippen molar-refractivity contribution in [3.05, 3.63) is 28.8 Å². The van der Waals surface area contributed by atoms with Crippen molar-refractivity contribution in [3.63, 3.8) is 0 Å². The summed E-state index contributed by atoms with van der Waals surface area (Å²) in [6.45, 7) is 0.824. The zero-order chi connectivity index (χ0) is 11.1. The Kier molecular flexibility index (Phi) is 2.40. The van der Waals surface area contributed by atoms with Crippen molar-refractivity contribution in [3.8, 4) is 0 Å². The number of hydrogen-bond acceptors (Lipinski definition) is 1. The van der Waals surface area contributed by atoms with Crippen LogP contribution in [0.2, 0.25) is 5.02 Å². The van der Waals surface area contributed by atoms with Crippen molar-refractivity contribution >= 4 is 23.2 Å². The van der Waals surface area contributed by atoms with E-state index in [1.165, 1.54) is 12.0 Å². The molecular formula is C13H14ClNO. The van der Waals surface area contributed by atoms with E-state index in [1.807, 2.05) is 23.1 Å². The first kappa shape index (κ1) is 10.2. The molecule has 0 bridgehead atoms. The predicted octanol–water partition coefficient (Wildman–Crippen LogP) is 3.03. The second-order valence-electron chi connectivity index (χ2n) is 4.64. The molecule has 1 amide bonds. The zero-order valence-electron chi connectivity index (χ0n) is 9.08. The van der Waals surface area contributed by atoms with Gasteiger partial charge in [-0.25, -0.2) is 0 Å². The topological polar surface area (TPSA) is 20.3 Å². The van der Waals surface area contributed by atoms with Gasteiger partial charge in [0.1, 0.15) is 0 Å². The van der Waals surface area contributed by atoms with Crippen molar-refractivity contribution in [2.45, 2.75) is 25.7 Å². The fourth-order valence-corrected chi connectivity index (χ4v) is 2.67. The Morgan fingerprint density at radius 2 is 2.19 bits per heavy atom. The minimum Gasteiger partial charge on any atom is -0.312 e. The van der Waals surface area contributed by atoms with Crippen LogP contribution >= 0.6 is 11.6 Å². The van der Waals surface area contributed by atoms with Gasteiger partial charge in [0.25, 0.3) is 0 Å². The van der Waals surface area contributed by atoms with E-state index in [0.717, 1.165) is 36.5 Å². The molecule has 2 nitrogen and oxygen atoms in total. The smallest absolute Gasteiger partial charge is 0.230 e. The highest BCUT2D eigenvalue weighted by Crippen LogP contribution is 2.35. The number of carbonyl (C=O) groups excluding carboxylic acids is 1. The van der Waals surface area contributed by atoms with Crippen LogP contribution in [0, 0.1) is 5.92 Å². The van der Waals surface area contributed by atoms with Gasteiger partial charge >= 0.3 is 0 Å². The molecule has 0 N–H and O–H groups in total. The molecule has 0 unspecified atom stereocenters. The molecule has 1 fully saturated rings. The van der Waals surface area contributed by atoms with Gasteiger partial charge in [-0.1, -0.05) is 18.0 Å². The molecule has 3 heteroatoms. The van der Waals surface area contributed by atoms with E-state index in [0.29, 0.717) is 5.91 Å². The summed E-state index contributed by atoms with van der Waals surface area (Å²) in [5.74, 6) is 0.592. The van der Waals surface area contributed by atoms with E-state index in [1.54, 1.807) is 0 Å². The Labute approximate surface area is 100 Å². The first-order valence-electron chi connectivity index (χ1n) is 5.85. The van der Waals surface area contributed by atoms with Gasteiger partial charge in [-0.05, 0) is 43.0 Å². The zero-order valence-corrected chi connectivity index (χ0v) is 9.83. The lowest BCUT2D eigenvalue weighted by molar-refractivity contribution is -0.124. The standard InChI is InChI=1S/C13H14ClNO/c14-11-4-5-12-10(8-11)6-7-15(12)13(16)9-2-1-3-9/h4-5,8-9H,1-3,6-7H2. The van der Waals surface area contributed by atoms with Crippen molar-refractivity contribution in [1.82, 2.24) is 0 Å². The summed E-state index contributed by atoms with van der Waals surface area (Å²) in [4.78, 5) is 14.1. The van der Waals surface area contributed by atoms with Gasteiger partial charge in [0, 0.05) is 23.2 Å². The van der Waals surface area contributed by atoms with Gasteiger partial charge in [-0.15, -0.1) is 0 Å². The van der Waals surface area contributed by atoms with Crippen LogP contribution in [0.4, 0.5) is 5.69 Å². The monoisotopic (exact) mass is 235 g/mol. The number of nitrogens with zero attached hydrogens (tertiary/aromatic N) is 1. The van der Waals surface area contributed by atoms with Crippen LogP contribution in [0.25, 0.3) is 0 Å². The number of amides is 1. The molecule has 0 saturated heterocycles. The average molecular weight is 236 g/mol. The number of halogens is 1. The third-order valence-electron chi connectivity index (χ3n) is 3.66. The van der Waals surface area contributed by atoms with Crippen molar-refractivity contribution < 1.29 is 4.79 Å². The molecule has 1 saturated carbocycles. The molecule has 0 spiro atoms. The Morgan fingerprint density at radius 1 is 1.38 bits per heavy atom. The van der Waals surface area contributed by atoms with Crippen LogP contribution in [-0.2, 0) is 11.2 Å². The molecule has 1 aromatic rings. The highest BCUT2D eigenvalue weighted by atomic mass is 35.5. The van der Waals surface area contributed by atoms with Gasteiger partial charge in [-0.2, -0.15) is 0 Å². The van der Waals surface area contributed by atoms with Gasteiger partial charge < -0.3 is 4.90 Å². The third-order valence-corrected chi connectivity index (χ3v) is 3.89. The van der Waals surface area contributed by atoms with Crippen LogP contribution in [0.1, 0.15) is 24.8 Å². The van der Waals surface area contributed by atoms with E-state index >= 15 is 0 Å². The van der Waals surface area contributed by atoms with Crippen LogP contribution in [0.15, 0.2) is 18.2 Å². The molecule has 1 aliphatic carbocycles. The molecular weight excluding hydrogens is 222 g/mol. The highest BCUT2D eigenvalue weighted by Gasteiger charge is 2.33. The SMILES string of the molecule is O=C(C1CCC1)N1CCc2cc(Cl)ccc21. The molecule has 0 aromatic heterocycles. The largest absolute Gasteiger partial charge is 0.312 e. The number of anilines is 1. The maximum absolute atomic E-state index is 12.2. The summed E-state index contributed by atoms with van der Waals surface area (Å²) in [6.07, 6.45) is 4.28. The van der Waals surface area contributed by atoms with E-state index in [9.17, 15) is 4.79 Å². The van der Waals surface area contributed by atoms with Crippen LogP contribution < -0.4 is 4.90 Å². The minimum atomic E-state index is 0.279. The molecule has 0 radical (unpaired) electrons. The van der Waals surface area contributed by atoms with Crippen LogP contribution in [-0.4, -0.2) is 12.5 Å². The molecule has 1 heterocycles. The Balaban J connectivity index is 1.87. The maximum Gasteiger partial charge on any atom is 0.230 e. The fraction of sp³-hybridized carbons (Fsp3) is 0.462. The van der Waals surface area contributed by atoms with Crippen LogP contribution in [0.3, 0.4) is 0 Å². The van der Waals surface area contributed by atoms with Gasteiger partial charge in [0.05, 0.1) is 0 Å². The quantitative estimate of drug-likeness (QED) is 0.733. The van der Waals surface area contributed by atoms with Crippen molar-refractivity contribution in [1.29, 1.82) is 0 Å². The summed E-state index contributed by atoms with van der Waals surface area (Å²) in [5, 5.41) is 0.761. The van der Waals surface area contributed by atoms with Gasteiger partial charge in [0.15, 0.2) is 0 Å². The maximum atomic E-state index is 12.2. The van der Waals surface area contributed by atoms with E-state index in [2.05, 4.69) is 0 Å². The first-order valence-corrected chi connectivity index (χ1v) is 6.23. The average Bonchev–Trinajstić information content (AvgIpc) is 2.57. The highest BCUT2D eigenvalue weighted by molar-refractivity contribution is 6.30. The van der Waals surface area contributed by atoms with Gasteiger partial charge in [-0.3, -0.25) is 4.79 Å². The summed E-state index contributed by atoms with van der Waals surface area (Å²) in [5.41, 5.74) is 2.28. The molecule has 0 atom stereocenters. The third kappa shape index (κ3) is 1.52. The lowest BCUT2D eigenvalue weighted by Gasteiger charge is -2.29. The lowest BCUT2D eigenvalue weighted by Crippen LogP contribution is -2.37. The number of hydrogen-bond donors (Lipinski definition) is 0. The normalized spacial score (nSPS) is 19.4. The number of rotatable bonds is 1. The van der Waals surface area contributed by atoms with E-state index in [4.69, 9.17) is 11.6 Å². The Hall–Kier alpha value is -1.02. The summed E-state index contributed by atoms with van der Waals surface area (Å²) in [7, 11) is 0. The molecule has 3 rings (SSSR count). The molecule has 2 aliphatic rings. The predicted molar refractivity (Wildman–Crippen MR) is 64.9 cm³/mol. The molecule has 16 heavy (non-hydrogen) atoms. The number of carbonyl (C=O) groups is 1. The molecule has 1 aliphatic heterocycles. The first-order chi connectivity index (χ1) is 7.75. The summed E-state index contributed by atoms with van der Waals surface area (Å²) < 4.78 is 0. The van der Waals surface area contributed by atoms with Crippen molar-refractivity contribution in [2.24, 2.45) is 5.92 Å². The van der Waals surface area contributed by atoms with E-state index in [-0.39, 0.29) is 5.92 Å². The summed E-state index contributed by atoms with van der Waals surface area (Å²) in [6, 6.07) is 5.82. The van der Waals surface area contributed by atoms with Gasteiger partial charge in [0.2, 0.25) is 5.91 Å². The molecule has 84 valence electrons. The van der Waals surface area contributed by atoms with Crippen LogP contribution in [0.5, 0.6) is 0 Å². The summed E-state index contributed by atoms with van der Waals surface area (Å²) >= 11 is 5.95. The van der Waals surface area contributed by atoms with E-state index < -0.39 is 0 Å².